The summed E-state index contributed by atoms with van der Waals surface area (Å²) in [5.41, 5.74) is 3.53. The molecule has 0 radical (unpaired) electrons. The quantitative estimate of drug-likeness (QED) is 0.863. The molecular formula is C19H23NO2. The number of carbonyl (C=O) groups excluding carboxylic acids is 1. The minimum atomic E-state index is -0.142. The van der Waals surface area contributed by atoms with Crippen molar-refractivity contribution in [3.05, 3.63) is 59.2 Å². The Kier molecular flexibility index (Phi) is 5.21. The summed E-state index contributed by atoms with van der Waals surface area (Å²) >= 11 is 0. The van der Waals surface area contributed by atoms with Gasteiger partial charge in [0.15, 0.2) is 0 Å². The van der Waals surface area contributed by atoms with Crippen LogP contribution in [0.1, 0.15) is 47.7 Å². The smallest absolute Gasteiger partial charge is 0.259 e. The van der Waals surface area contributed by atoms with E-state index in [2.05, 4.69) is 25.2 Å². The highest BCUT2D eigenvalue weighted by Crippen LogP contribution is 2.28. The first kappa shape index (κ1) is 16.1. The number of nitrogens with one attached hydrogen (secondary N) is 1. The normalized spacial score (nSPS) is 11.8. The van der Waals surface area contributed by atoms with Gasteiger partial charge in [-0.25, -0.2) is 0 Å². The van der Waals surface area contributed by atoms with Gasteiger partial charge in [0, 0.05) is 5.69 Å². The minimum absolute atomic E-state index is 0.142. The minimum Gasteiger partial charge on any atom is -0.496 e. The molecule has 0 heterocycles. The van der Waals surface area contributed by atoms with Crippen LogP contribution in [0.4, 0.5) is 5.69 Å². The van der Waals surface area contributed by atoms with Crippen molar-refractivity contribution in [2.45, 2.75) is 33.1 Å². The predicted octanol–water partition coefficient (Wildman–Crippen LogP) is 4.77. The third-order valence-electron chi connectivity index (χ3n) is 4.01. The summed E-state index contributed by atoms with van der Waals surface area (Å²) in [5.74, 6) is 0.883. The lowest BCUT2D eigenvalue weighted by molar-refractivity contribution is 0.102. The van der Waals surface area contributed by atoms with Crippen LogP contribution in [0, 0.1) is 6.92 Å². The number of benzene rings is 2. The Labute approximate surface area is 132 Å². The highest BCUT2D eigenvalue weighted by molar-refractivity contribution is 6.06. The van der Waals surface area contributed by atoms with Crippen molar-refractivity contribution in [1.82, 2.24) is 0 Å². The zero-order valence-corrected chi connectivity index (χ0v) is 13.6. The van der Waals surface area contributed by atoms with E-state index in [4.69, 9.17) is 4.74 Å². The highest BCUT2D eigenvalue weighted by atomic mass is 16.5. The molecule has 0 saturated heterocycles. The molecule has 3 nitrogen and oxygen atoms in total. The van der Waals surface area contributed by atoms with E-state index in [9.17, 15) is 4.79 Å². The van der Waals surface area contributed by atoms with Crippen LogP contribution in [-0.4, -0.2) is 13.0 Å². The molecule has 0 unspecified atom stereocenters. The molecule has 2 aromatic rings. The van der Waals surface area contributed by atoms with E-state index in [0.717, 1.165) is 23.2 Å². The Hall–Kier alpha value is -2.29. The molecule has 2 rings (SSSR count). The van der Waals surface area contributed by atoms with E-state index in [-0.39, 0.29) is 5.91 Å². The Morgan fingerprint density at radius 1 is 1.18 bits per heavy atom. The summed E-state index contributed by atoms with van der Waals surface area (Å²) in [6.45, 7) is 6.24. The molecule has 0 aliphatic carbocycles. The molecule has 0 aliphatic rings. The van der Waals surface area contributed by atoms with E-state index in [1.165, 1.54) is 0 Å². The number of para-hydroxylation sites is 2. The molecule has 1 N–H and O–H groups in total. The second-order valence-corrected chi connectivity index (χ2v) is 5.51. The maximum atomic E-state index is 12.6. The van der Waals surface area contributed by atoms with Gasteiger partial charge in [-0.05, 0) is 42.5 Å². The van der Waals surface area contributed by atoms with Gasteiger partial charge in [0.25, 0.3) is 5.91 Å². The van der Waals surface area contributed by atoms with Gasteiger partial charge in [-0.15, -0.1) is 0 Å². The Morgan fingerprint density at radius 2 is 1.91 bits per heavy atom. The van der Waals surface area contributed by atoms with Crippen LogP contribution in [0.3, 0.4) is 0 Å². The zero-order chi connectivity index (χ0) is 16.1. The zero-order valence-electron chi connectivity index (χ0n) is 13.6. The number of methoxy groups -OCH3 is 1. The SMILES string of the molecule is CC[C@@H](C)c1ccccc1NC(=O)c1cccc(C)c1OC. The highest BCUT2D eigenvalue weighted by Gasteiger charge is 2.16. The molecular weight excluding hydrogens is 274 g/mol. The molecule has 0 bridgehead atoms. The van der Waals surface area contributed by atoms with Gasteiger partial charge in [-0.3, -0.25) is 4.79 Å². The van der Waals surface area contributed by atoms with E-state index >= 15 is 0 Å². The van der Waals surface area contributed by atoms with Crippen molar-refractivity contribution in [2.24, 2.45) is 0 Å². The molecule has 116 valence electrons. The monoisotopic (exact) mass is 297 g/mol. The van der Waals surface area contributed by atoms with Crippen LogP contribution in [0.15, 0.2) is 42.5 Å². The maximum absolute atomic E-state index is 12.6. The summed E-state index contributed by atoms with van der Waals surface area (Å²) in [7, 11) is 1.59. The summed E-state index contributed by atoms with van der Waals surface area (Å²) in [6.07, 6.45) is 1.03. The molecule has 3 heteroatoms. The van der Waals surface area contributed by atoms with Gasteiger partial charge in [0.05, 0.1) is 12.7 Å². The van der Waals surface area contributed by atoms with Gasteiger partial charge in [0.1, 0.15) is 5.75 Å². The molecule has 0 spiro atoms. The lowest BCUT2D eigenvalue weighted by atomic mass is 9.96. The van der Waals surface area contributed by atoms with Crippen molar-refractivity contribution in [2.75, 3.05) is 12.4 Å². The lowest BCUT2D eigenvalue weighted by Crippen LogP contribution is -2.15. The number of amides is 1. The lowest BCUT2D eigenvalue weighted by Gasteiger charge is -2.17. The number of carbonyl (C=O) groups is 1. The van der Waals surface area contributed by atoms with E-state index in [1.807, 2.05) is 37.3 Å². The molecule has 0 aliphatic heterocycles. The molecule has 0 aromatic heterocycles. The summed E-state index contributed by atoms with van der Waals surface area (Å²) in [6, 6.07) is 13.5. The summed E-state index contributed by atoms with van der Waals surface area (Å²) in [4.78, 5) is 12.6. The van der Waals surface area contributed by atoms with Crippen molar-refractivity contribution in [3.63, 3.8) is 0 Å². The fraction of sp³-hybridized carbons (Fsp3) is 0.316. The van der Waals surface area contributed by atoms with Crippen LogP contribution in [0.25, 0.3) is 0 Å². The van der Waals surface area contributed by atoms with Crippen LogP contribution in [-0.2, 0) is 0 Å². The fourth-order valence-electron chi connectivity index (χ4n) is 2.55. The number of hydrogen-bond acceptors (Lipinski definition) is 2. The predicted molar refractivity (Wildman–Crippen MR) is 90.8 cm³/mol. The first-order valence-corrected chi connectivity index (χ1v) is 7.62. The van der Waals surface area contributed by atoms with Crippen molar-refractivity contribution < 1.29 is 9.53 Å². The Balaban J connectivity index is 2.33. The van der Waals surface area contributed by atoms with E-state index in [1.54, 1.807) is 13.2 Å². The average molecular weight is 297 g/mol. The van der Waals surface area contributed by atoms with Crippen molar-refractivity contribution >= 4 is 11.6 Å². The average Bonchev–Trinajstić information content (AvgIpc) is 2.54. The molecule has 1 atom stereocenters. The third kappa shape index (κ3) is 3.30. The van der Waals surface area contributed by atoms with Crippen LogP contribution >= 0.6 is 0 Å². The summed E-state index contributed by atoms with van der Waals surface area (Å²) in [5, 5.41) is 3.03. The van der Waals surface area contributed by atoms with Gasteiger partial charge in [-0.2, -0.15) is 0 Å². The number of ether oxygens (including phenoxy) is 1. The second-order valence-electron chi connectivity index (χ2n) is 5.51. The number of hydrogen-bond donors (Lipinski definition) is 1. The van der Waals surface area contributed by atoms with Crippen LogP contribution in [0.2, 0.25) is 0 Å². The van der Waals surface area contributed by atoms with Crippen LogP contribution in [0.5, 0.6) is 5.75 Å². The van der Waals surface area contributed by atoms with Crippen LogP contribution < -0.4 is 10.1 Å². The van der Waals surface area contributed by atoms with Gasteiger partial charge in [-0.1, -0.05) is 44.2 Å². The van der Waals surface area contributed by atoms with Gasteiger partial charge in [0.2, 0.25) is 0 Å². The first-order valence-electron chi connectivity index (χ1n) is 7.62. The largest absolute Gasteiger partial charge is 0.496 e. The molecule has 1 amide bonds. The third-order valence-corrected chi connectivity index (χ3v) is 4.01. The molecule has 0 saturated carbocycles. The number of aryl methyl sites for hydroxylation is 1. The van der Waals surface area contributed by atoms with Gasteiger partial charge >= 0.3 is 0 Å². The van der Waals surface area contributed by atoms with E-state index < -0.39 is 0 Å². The summed E-state index contributed by atoms with van der Waals surface area (Å²) < 4.78 is 5.37. The van der Waals surface area contributed by atoms with E-state index in [0.29, 0.717) is 17.2 Å². The second kappa shape index (κ2) is 7.12. The van der Waals surface area contributed by atoms with Crippen molar-refractivity contribution in [3.8, 4) is 5.75 Å². The van der Waals surface area contributed by atoms with Gasteiger partial charge < -0.3 is 10.1 Å². The number of rotatable bonds is 5. The maximum Gasteiger partial charge on any atom is 0.259 e. The molecule has 0 fully saturated rings. The molecule has 2 aromatic carbocycles. The fourth-order valence-corrected chi connectivity index (χ4v) is 2.55. The van der Waals surface area contributed by atoms with Crippen molar-refractivity contribution in [1.29, 1.82) is 0 Å². The first-order chi connectivity index (χ1) is 10.6. The molecule has 22 heavy (non-hydrogen) atoms. The Bertz CT molecular complexity index is 664. The standard InChI is InChI=1S/C19H23NO2/c1-5-13(2)15-10-6-7-12-17(15)20-19(21)16-11-8-9-14(3)18(16)22-4/h6-13H,5H2,1-4H3,(H,20,21)/t13-/m1/s1. The topological polar surface area (TPSA) is 38.3 Å². The number of anilines is 1. The Morgan fingerprint density at radius 3 is 2.59 bits per heavy atom.